The molecule has 0 radical (unpaired) electrons. The maximum Gasteiger partial charge on any atom is 0.261 e. The van der Waals surface area contributed by atoms with Crippen molar-refractivity contribution >= 4 is 38.6 Å². The topological polar surface area (TPSA) is 84.8 Å². The van der Waals surface area contributed by atoms with Crippen LogP contribution in [0, 0.1) is 0 Å². The average molecular weight is 457 g/mol. The number of sulfonamides is 1. The van der Waals surface area contributed by atoms with Gasteiger partial charge >= 0.3 is 0 Å². The van der Waals surface area contributed by atoms with Gasteiger partial charge in [-0.3, -0.25) is 4.72 Å². The average Bonchev–Trinajstić information content (AvgIpc) is 3.19. The van der Waals surface area contributed by atoms with Gasteiger partial charge in [-0.25, -0.2) is 23.4 Å². The van der Waals surface area contributed by atoms with Gasteiger partial charge in [0.05, 0.1) is 26.2 Å². The molecule has 1 N–H and O–H groups in total. The highest BCUT2D eigenvalue weighted by molar-refractivity contribution is 7.92. The third kappa shape index (κ3) is 4.35. The molecular weight excluding hydrogens is 440 g/mol. The van der Waals surface area contributed by atoms with Gasteiger partial charge in [-0.1, -0.05) is 37.3 Å². The molecule has 0 bridgehead atoms. The number of nitrogens with zero attached hydrogens (tertiary/aromatic N) is 3. The van der Waals surface area contributed by atoms with Crippen molar-refractivity contribution in [2.45, 2.75) is 18.2 Å². The van der Waals surface area contributed by atoms with Crippen molar-refractivity contribution < 1.29 is 8.42 Å². The first-order valence-corrected chi connectivity index (χ1v) is 11.8. The molecule has 0 aliphatic rings. The van der Waals surface area contributed by atoms with E-state index >= 15 is 0 Å². The number of aromatic nitrogens is 3. The van der Waals surface area contributed by atoms with Gasteiger partial charge in [-0.05, 0) is 48.4 Å². The van der Waals surface area contributed by atoms with E-state index in [1.165, 1.54) is 11.3 Å². The minimum Gasteiger partial charge on any atom is -0.280 e. The van der Waals surface area contributed by atoms with Gasteiger partial charge in [0.15, 0.2) is 0 Å². The van der Waals surface area contributed by atoms with Crippen LogP contribution in [0.25, 0.3) is 21.8 Å². The summed E-state index contributed by atoms with van der Waals surface area (Å²) in [7, 11) is -3.69. The maximum absolute atomic E-state index is 12.7. The van der Waals surface area contributed by atoms with Crippen molar-refractivity contribution in [3.8, 4) is 21.8 Å². The second kappa shape index (κ2) is 8.51. The molecule has 0 aliphatic heterocycles. The largest absolute Gasteiger partial charge is 0.280 e. The minimum atomic E-state index is -3.69. The lowest BCUT2D eigenvalue weighted by atomic mass is 10.1. The number of nitrogens with one attached hydrogen (secondary N) is 1. The number of aryl methyl sites for hydroxylation is 1. The molecule has 2 heterocycles. The van der Waals surface area contributed by atoms with Gasteiger partial charge in [0, 0.05) is 17.4 Å². The number of rotatable bonds is 6. The third-order valence-electron chi connectivity index (χ3n) is 4.27. The van der Waals surface area contributed by atoms with Gasteiger partial charge in [0.25, 0.3) is 10.0 Å². The predicted octanol–water partition coefficient (Wildman–Crippen LogP) is 5.28. The molecule has 0 aliphatic carbocycles. The van der Waals surface area contributed by atoms with Crippen molar-refractivity contribution in [3.05, 3.63) is 77.2 Å². The van der Waals surface area contributed by atoms with Crippen LogP contribution in [0.5, 0.6) is 0 Å². The molecule has 0 fully saturated rings. The minimum absolute atomic E-state index is 0.161. The van der Waals surface area contributed by atoms with Crippen LogP contribution < -0.4 is 4.72 Å². The lowest BCUT2D eigenvalue weighted by Crippen LogP contribution is -2.12. The van der Waals surface area contributed by atoms with Crippen molar-refractivity contribution in [3.63, 3.8) is 0 Å². The molecule has 0 spiro atoms. The van der Waals surface area contributed by atoms with E-state index in [0.717, 1.165) is 27.6 Å². The fourth-order valence-corrected chi connectivity index (χ4v) is 5.10. The Morgan fingerprint density at radius 2 is 1.83 bits per heavy atom. The van der Waals surface area contributed by atoms with Crippen LogP contribution in [0.2, 0.25) is 5.28 Å². The summed E-state index contributed by atoms with van der Waals surface area (Å²) >= 11 is 7.51. The van der Waals surface area contributed by atoms with E-state index in [1.54, 1.807) is 60.8 Å². The van der Waals surface area contributed by atoms with E-state index in [-0.39, 0.29) is 10.2 Å². The number of benzene rings is 2. The summed E-state index contributed by atoms with van der Waals surface area (Å²) in [5.41, 5.74) is 2.64. The standard InChI is InChI=1S/C21H17ClN4O2S2/c1-2-18-25-19(20(29-18)17-11-12-23-21(22)24-17)14-7-6-8-15(13-14)26-30(27,28)16-9-4-3-5-10-16/h3-13,26H,2H2,1H3. The van der Waals surface area contributed by atoms with Gasteiger partial charge in [0.1, 0.15) is 0 Å². The normalized spacial score (nSPS) is 11.4. The fraction of sp³-hybridized carbons (Fsp3) is 0.0952. The lowest BCUT2D eigenvalue weighted by Gasteiger charge is -2.09. The number of hydrogen-bond donors (Lipinski definition) is 1. The molecule has 0 amide bonds. The molecule has 6 nitrogen and oxygen atoms in total. The van der Waals surface area contributed by atoms with E-state index in [0.29, 0.717) is 11.4 Å². The van der Waals surface area contributed by atoms with Crippen LogP contribution in [0.3, 0.4) is 0 Å². The Kier molecular flexibility index (Phi) is 5.80. The van der Waals surface area contributed by atoms with Crippen molar-refractivity contribution in [2.24, 2.45) is 0 Å². The molecule has 4 aromatic rings. The first-order chi connectivity index (χ1) is 14.5. The van der Waals surface area contributed by atoms with Crippen molar-refractivity contribution in [2.75, 3.05) is 4.72 Å². The Hall–Kier alpha value is -2.81. The summed E-state index contributed by atoms with van der Waals surface area (Å²) in [4.78, 5) is 14.1. The highest BCUT2D eigenvalue weighted by Gasteiger charge is 2.18. The van der Waals surface area contributed by atoms with Crippen LogP contribution in [0.15, 0.2) is 71.8 Å². The Balaban J connectivity index is 1.74. The van der Waals surface area contributed by atoms with Gasteiger partial charge < -0.3 is 0 Å². The van der Waals surface area contributed by atoms with Crippen LogP contribution in [-0.2, 0) is 16.4 Å². The van der Waals surface area contributed by atoms with Gasteiger partial charge in [0.2, 0.25) is 5.28 Å². The zero-order chi connectivity index (χ0) is 21.1. The summed E-state index contributed by atoms with van der Waals surface area (Å²) < 4.78 is 28.0. The molecule has 0 unspecified atom stereocenters. The van der Waals surface area contributed by atoms with Crippen LogP contribution in [-0.4, -0.2) is 23.4 Å². The second-order valence-corrected chi connectivity index (χ2v) is 9.45. The van der Waals surface area contributed by atoms with Crippen LogP contribution in [0.1, 0.15) is 11.9 Å². The molecule has 152 valence electrons. The van der Waals surface area contributed by atoms with E-state index < -0.39 is 10.0 Å². The number of thiazole rings is 1. The predicted molar refractivity (Wildman–Crippen MR) is 120 cm³/mol. The quantitative estimate of drug-likeness (QED) is 0.399. The second-order valence-electron chi connectivity index (χ2n) is 6.35. The summed E-state index contributed by atoms with van der Waals surface area (Å²) in [5, 5.41) is 1.11. The number of anilines is 1. The van der Waals surface area contributed by atoms with Crippen LogP contribution >= 0.6 is 22.9 Å². The third-order valence-corrected chi connectivity index (χ3v) is 7.08. The SMILES string of the molecule is CCc1nc(-c2cccc(NS(=O)(=O)c3ccccc3)c2)c(-c2ccnc(Cl)n2)s1. The molecule has 0 saturated heterocycles. The highest BCUT2D eigenvalue weighted by atomic mass is 35.5. The molecular formula is C21H17ClN4O2S2. The number of hydrogen-bond acceptors (Lipinski definition) is 6. The zero-order valence-corrected chi connectivity index (χ0v) is 18.3. The number of halogens is 1. The Bertz CT molecular complexity index is 1290. The molecule has 4 rings (SSSR count). The Morgan fingerprint density at radius 1 is 1.03 bits per heavy atom. The maximum atomic E-state index is 12.7. The molecule has 0 saturated carbocycles. The first kappa shape index (κ1) is 20.5. The summed E-state index contributed by atoms with van der Waals surface area (Å²) in [6.45, 7) is 2.03. The Morgan fingerprint density at radius 3 is 2.57 bits per heavy atom. The first-order valence-electron chi connectivity index (χ1n) is 9.13. The molecule has 9 heteroatoms. The van der Waals surface area contributed by atoms with E-state index in [1.807, 2.05) is 13.0 Å². The summed E-state index contributed by atoms with van der Waals surface area (Å²) in [6.07, 6.45) is 2.38. The lowest BCUT2D eigenvalue weighted by molar-refractivity contribution is 0.601. The fourth-order valence-electron chi connectivity index (χ4n) is 2.89. The monoisotopic (exact) mass is 456 g/mol. The van der Waals surface area contributed by atoms with Gasteiger partial charge in [-0.15, -0.1) is 11.3 Å². The smallest absolute Gasteiger partial charge is 0.261 e. The zero-order valence-electron chi connectivity index (χ0n) is 15.9. The van der Waals surface area contributed by atoms with Crippen molar-refractivity contribution in [1.82, 2.24) is 15.0 Å². The van der Waals surface area contributed by atoms with Crippen LogP contribution in [0.4, 0.5) is 5.69 Å². The molecule has 2 aromatic heterocycles. The van der Waals surface area contributed by atoms with Gasteiger partial charge in [-0.2, -0.15) is 0 Å². The molecule has 2 aromatic carbocycles. The summed E-state index contributed by atoms with van der Waals surface area (Å²) in [5.74, 6) is 0. The molecule has 30 heavy (non-hydrogen) atoms. The molecule has 0 atom stereocenters. The van der Waals surface area contributed by atoms with E-state index in [2.05, 4.69) is 14.7 Å². The van der Waals surface area contributed by atoms with E-state index in [4.69, 9.17) is 16.6 Å². The highest BCUT2D eigenvalue weighted by Crippen LogP contribution is 2.37. The van der Waals surface area contributed by atoms with E-state index in [9.17, 15) is 8.42 Å². The Labute approximate surface area is 183 Å². The summed E-state index contributed by atoms with van der Waals surface area (Å²) in [6, 6.07) is 17.2. The van der Waals surface area contributed by atoms with Crippen molar-refractivity contribution in [1.29, 1.82) is 0 Å².